The van der Waals surface area contributed by atoms with Gasteiger partial charge in [-0.15, -0.1) is 0 Å². The number of hydrogen-bond acceptors (Lipinski definition) is 5. The van der Waals surface area contributed by atoms with E-state index in [1.165, 1.54) is 12.1 Å². The third-order valence-electron chi connectivity index (χ3n) is 3.56. The van der Waals surface area contributed by atoms with E-state index in [4.69, 9.17) is 4.74 Å². The molecule has 0 aromatic heterocycles. The molecule has 2 rings (SSSR count). The maximum atomic E-state index is 12.5. The third-order valence-corrected chi connectivity index (χ3v) is 3.56. The first-order chi connectivity index (χ1) is 10.0. The second kappa shape index (κ2) is 6.53. The van der Waals surface area contributed by atoms with Gasteiger partial charge in [0.1, 0.15) is 0 Å². The molecule has 0 spiro atoms. The minimum Gasteiger partial charge on any atom is -0.387 e. The fourth-order valence-corrected chi connectivity index (χ4v) is 2.42. The van der Waals surface area contributed by atoms with Gasteiger partial charge in [-0.1, -0.05) is 0 Å². The summed E-state index contributed by atoms with van der Waals surface area (Å²) in [5.74, 6) is -0.251. The summed E-state index contributed by atoms with van der Waals surface area (Å²) in [7, 11) is 3.36. The molecule has 1 fully saturated rings. The first-order valence-corrected chi connectivity index (χ1v) is 6.86. The van der Waals surface area contributed by atoms with Crippen molar-refractivity contribution in [1.29, 1.82) is 0 Å². The molecule has 1 aliphatic rings. The molecule has 7 nitrogen and oxygen atoms in total. The Balaban J connectivity index is 2.19. The van der Waals surface area contributed by atoms with Gasteiger partial charge in [-0.05, 0) is 18.9 Å². The van der Waals surface area contributed by atoms with Crippen molar-refractivity contribution in [3.63, 3.8) is 0 Å². The van der Waals surface area contributed by atoms with Crippen molar-refractivity contribution in [1.82, 2.24) is 4.90 Å². The molecule has 1 N–H and O–H groups in total. The Morgan fingerprint density at radius 3 is 2.90 bits per heavy atom. The van der Waals surface area contributed by atoms with Crippen LogP contribution in [0.5, 0.6) is 0 Å². The van der Waals surface area contributed by atoms with E-state index in [9.17, 15) is 14.9 Å². The maximum absolute atomic E-state index is 12.5. The number of nitro groups is 1. The zero-order valence-corrected chi connectivity index (χ0v) is 12.2. The van der Waals surface area contributed by atoms with Crippen LogP contribution in [0.15, 0.2) is 18.2 Å². The summed E-state index contributed by atoms with van der Waals surface area (Å²) in [5, 5.41) is 13.8. The molecule has 0 bridgehead atoms. The maximum Gasteiger partial charge on any atom is 0.270 e. The van der Waals surface area contributed by atoms with Crippen LogP contribution >= 0.6 is 0 Å². The molecular weight excluding hydrogens is 274 g/mol. The van der Waals surface area contributed by atoms with Gasteiger partial charge in [0, 0.05) is 45.1 Å². The lowest BCUT2D eigenvalue weighted by atomic mass is 10.1. The Hall–Kier alpha value is -2.15. The molecule has 1 aliphatic heterocycles. The number of carbonyl (C=O) groups is 1. The number of benzene rings is 1. The minimum absolute atomic E-state index is 0.0516. The van der Waals surface area contributed by atoms with Gasteiger partial charge in [-0.3, -0.25) is 14.9 Å². The SMILES string of the molecule is CNc1ccc([N+](=O)[O-])cc1C(=O)N(C)CC1CCCO1. The predicted octanol–water partition coefficient (Wildman–Crippen LogP) is 1.89. The number of anilines is 1. The molecule has 7 heteroatoms. The van der Waals surface area contributed by atoms with Crippen molar-refractivity contribution < 1.29 is 14.5 Å². The molecule has 114 valence electrons. The van der Waals surface area contributed by atoms with Gasteiger partial charge in [0.25, 0.3) is 11.6 Å². The first-order valence-electron chi connectivity index (χ1n) is 6.86. The number of nitrogens with zero attached hydrogens (tertiary/aromatic N) is 2. The van der Waals surface area contributed by atoms with Crippen LogP contribution in [0.3, 0.4) is 0 Å². The van der Waals surface area contributed by atoms with Crippen LogP contribution in [0.4, 0.5) is 11.4 Å². The molecule has 0 aliphatic carbocycles. The van der Waals surface area contributed by atoms with E-state index < -0.39 is 4.92 Å². The number of nitrogens with one attached hydrogen (secondary N) is 1. The topological polar surface area (TPSA) is 84.7 Å². The number of nitro benzene ring substituents is 1. The summed E-state index contributed by atoms with van der Waals surface area (Å²) < 4.78 is 5.51. The smallest absolute Gasteiger partial charge is 0.270 e. The summed E-state index contributed by atoms with van der Waals surface area (Å²) in [6.07, 6.45) is 1.99. The lowest BCUT2D eigenvalue weighted by Gasteiger charge is -2.22. The van der Waals surface area contributed by atoms with Crippen molar-refractivity contribution in [2.45, 2.75) is 18.9 Å². The van der Waals surface area contributed by atoms with E-state index >= 15 is 0 Å². The molecule has 1 aromatic rings. The molecule has 1 saturated heterocycles. The Morgan fingerprint density at radius 2 is 2.33 bits per heavy atom. The Bertz CT molecular complexity index is 541. The summed E-state index contributed by atoms with van der Waals surface area (Å²) >= 11 is 0. The highest BCUT2D eigenvalue weighted by Crippen LogP contribution is 2.23. The van der Waals surface area contributed by atoms with Crippen LogP contribution in [0.25, 0.3) is 0 Å². The summed E-state index contributed by atoms with van der Waals surface area (Å²) in [4.78, 5) is 24.4. The molecule has 1 heterocycles. The number of hydrogen-bond donors (Lipinski definition) is 1. The van der Waals surface area contributed by atoms with Crippen molar-refractivity contribution in [2.24, 2.45) is 0 Å². The standard InChI is InChI=1S/C14H19N3O4/c1-15-13-6-5-10(17(19)20)8-12(13)14(18)16(2)9-11-4-3-7-21-11/h5-6,8,11,15H,3-4,7,9H2,1-2H3. The summed E-state index contributed by atoms with van der Waals surface area (Å²) in [5.41, 5.74) is 0.778. The Kier molecular flexibility index (Phi) is 4.74. The predicted molar refractivity (Wildman–Crippen MR) is 78.6 cm³/mol. The number of rotatable bonds is 5. The van der Waals surface area contributed by atoms with Crippen LogP contribution in [-0.4, -0.2) is 49.1 Å². The quantitative estimate of drug-likeness (QED) is 0.662. The van der Waals surface area contributed by atoms with Gasteiger partial charge in [0.05, 0.1) is 16.6 Å². The zero-order chi connectivity index (χ0) is 15.4. The van der Waals surface area contributed by atoms with Gasteiger partial charge in [0.15, 0.2) is 0 Å². The lowest BCUT2D eigenvalue weighted by Crippen LogP contribution is -2.34. The average Bonchev–Trinajstić information content (AvgIpc) is 2.98. The molecule has 1 unspecified atom stereocenters. The number of ether oxygens (including phenoxy) is 1. The van der Waals surface area contributed by atoms with Crippen LogP contribution in [-0.2, 0) is 4.74 Å². The van der Waals surface area contributed by atoms with Crippen molar-refractivity contribution >= 4 is 17.3 Å². The van der Waals surface area contributed by atoms with Gasteiger partial charge >= 0.3 is 0 Å². The minimum atomic E-state index is -0.504. The zero-order valence-electron chi connectivity index (χ0n) is 12.2. The fourth-order valence-electron chi connectivity index (χ4n) is 2.42. The van der Waals surface area contributed by atoms with E-state index in [0.717, 1.165) is 19.4 Å². The van der Waals surface area contributed by atoms with Crippen LogP contribution in [0, 0.1) is 10.1 Å². The highest BCUT2D eigenvalue weighted by atomic mass is 16.6. The molecule has 0 radical (unpaired) electrons. The van der Waals surface area contributed by atoms with Crippen molar-refractivity contribution in [3.8, 4) is 0 Å². The van der Waals surface area contributed by atoms with Crippen LogP contribution < -0.4 is 5.32 Å². The van der Waals surface area contributed by atoms with Gasteiger partial charge < -0.3 is 15.0 Å². The number of carbonyl (C=O) groups excluding carboxylic acids is 1. The van der Waals surface area contributed by atoms with Crippen LogP contribution in [0.2, 0.25) is 0 Å². The molecule has 1 aromatic carbocycles. The van der Waals surface area contributed by atoms with E-state index in [2.05, 4.69) is 5.32 Å². The van der Waals surface area contributed by atoms with Crippen LogP contribution in [0.1, 0.15) is 23.2 Å². The molecule has 0 saturated carbocycles. The molecule has 1 atom stereocenters. The monoisotopic (exact) mass is 293 g/mol. The second-order valence-electron chi connectivity index (χ2n) is 5.06. The molecule has 21 heavy (non-hydrogen) atoms. The van der Waals surface area contributed by atoms with E-state index in [-0.39, 0.29) is 17.7 Å². The van der Waals surface area contributed by atoms with Crippen molar-refractivity contribution in [2.75, 3.05) is 32.6 Å². The summed E-state index contributed by atoms with van der Waals surface area (Å²) in [6.45, 7) is 1.22. The molecule has 1 amide bonds. The number of non-ortho nitro benzene ring substituents is 1. The van der Waals surface area contributed by atoms with E-state index in [0.29, 0.717) is 17.8 Å². The highest BCUT2D eigenvalue weighted by molar-refractivity contribution is 6.00. The second-order valence-corrected chi connectivity index (χ2v) is 5.06. The average molecular weight is 293 g/mol. The normalized spacial score (nSPS) is 17.5. The summed E-state index contributed by atoms with van der Waals surface area (Å²) in [6, 6.07) is 4.23. The van der Waals surface area contributed by atoms with Crippen molar-refractivity contribution in [3.05, 3.63) is 33.9 Å². The largest absolute Gasteiger partial charge is 0.387 e. The first kappa shape index (κ1) is 15.2. The number of likely N-dealkylation sites (N-methyl/N-ethyl adjacent to an activating group) is 1. The van der Waals surface area contributed by atoms with Gasteiger partial charge in [-0.2, -0.15) is 0 Å². The van der Waals surface area contributed by atoms with Gasteiger partial charge in [-0.25, -0.2) is 0 Å². The van der Waals surface area contributed by atoms with Gasteiger partial charge in [0.2, 0.25) is 0 Å². The number of amides is 1. The fraction of sp³-hybridized carbons (Fsp3) is 0.500. The highest BCUT2D eigenvalue weighted by Gasteiger charge is 2.23. The lowest BCUT2D eigenvalue weighted by molar-refractivity contribution is -0.384. The van der Waals surface area contributed by atoms with E-state index in [1.807, 2.05) is 0 Å². The third kappa shape index (κ3) is 3.49. The van der Waals surface area contributed by atoms with E-state index in [1.54, 1.807) is 25.1 Å². The molecular formula is C14H19N3O4. The Labute approximate surface area is 123 Å². The Morgan fingerprint density at radius 1 is 1.57 bits per heavy atom.